The molecule has 0 radical (unpaired) electrons. The number of ether oxygens (including phenoxy) is 1. The standard InChI is InChI=1S/C15H16N2O3/c1-10-15(19)12(11(9-18)7-16-10)8-17-13-5-3-4-6-14(13)20-2/h3-8,18-19H,9H2,1-2H3. The Morgan fingerprint density at radius 1 is 1.35 bits per heavy atom. The number of benzene rings is 1. The van der Waals surface area contributed by atoms with Crippen LogP contribution >= 0.6 is 0 Å². The number of aliphatic imine (C=N–C) groups is 1. The summed E-state index contributed by atoms with van der Waals surface area (Å²) in [5.41, 5.74) is 2.12. The molecule has 0 amide bonds. The second-order valence-corrected chi connectivity index (χ2v) is 4.22. The summed E-state index contributed by atoms with van der Waals surface area (Å²) in [5, 5.41) is 19.3. The molecule has 2 rings (SSSR count). The molecule has 0 bridgehead atoms. The summed E-state index contributed by atoms with van der Waals surface area (Å²) in [6.07, 6.45) is 3.03. The topological polar surface area (TPSA) is 74.9 Å². The van der Waals surface area contributed by atoms with Crippen molar-refractivity contribution in [3.05, 3.63) is 47.3 Å². The Morgan fingerprint density at radius 3 is 2.80 bits per heavy atom. The lowest BCUT2D eigenvalue weighted by molar-refractivity contribution is 0.280. The van der Waals surface area contributed by atoms with E-state index in [0.29, 0.717) is 28.3 Å². The van der Waals surface area contributed by atoms with Gasteiger partial charge in [-0.05, 0) is 19.1 Å². The van der Waals surface area contributed by atoms with E-state index in [-0.39, 0.29) is 12.4 Å². The van der Waals surface area contributed by atoms with E-state index in [1.54, 1.807) is 26.2 Å². The summed E-state index contributed by atoms with van der Waals surface area (Å²) < 4.78 is 5.21. The van der Waals surface area contributed by atoms with Crippen molar-refractivity contribution in [1.29, 1.82) is 0 Å². The van der Waals surface area contributed by atoms with E-state index in [1.165, 1.54) is 12.4 Å². The van der Waals surface area contributed by atoms with Crippen LogP contribution in [0.25, 0.3) is 0 Å². The van der Waals surface area contributed by atoms with Gasteiger partial charge in [0.1, 0.15) is 17.2 Å². The highest BCUT2D eigenvalue weighted by molar-refractivity contribution is 5.88. The first kappa shape index (κ1) is 14.0. The maximum absolute atomic E-state index is 10.0. The third-order valence-corrected chi connectivity index (χ3v) is 2.95. The monoisotopic (exact) mass is 272 g/mol. The summed E-state index contributed by atoms with van der Waals surface area (Å²) in [6.45, 7) is 1.48. The molecule has 0 fully saturated rings. The van der Waals surface area contributed by atoms with Crippen molar-refractivity contribution in [3.63, 3.8) is 0 Å². The Hall–Kier alpha value is -2.40. The lowest BCUT2D eigenvalue weighted by Gasteiger charge is -2.07. The van der Waals surface area contributed by atoms with Crippen molar-refractivity contribution in [2.24, 2.45) is 4.99 Å². The number of aromatic nitrogens is 1. The number of aliphatic hydroxyl groups is 1. The molecule has 20 heavy (non-hydrogen) atoms. The Labute approximate surface area is 117 Å². The predicted molar refractivity (Wildman–Crippen MR) is 76.8 cm³/mol. The quantitative estimate of drug-likeness (QED) is 0.838. The predicted octanol–water partition coefficient (Wildman–Crippen LogP) is 2.35. The van der Waals surface area contributed by atoms with E-state index in [4.69, 9.17) is 4.74 Å². The van der Waals surface area contributed by atoms with E-state index < -0.39 is 0 Å². The first-order valence-corrected chi connectivity index (χ1v) is 6.12. The van der Waals surface area contributed by atoms with Crippen LogP contribution in [0, 0.1) is 6.92 Å². The van der Waals surface area contributed by atoms with Crippen molar-refractivity contribution in [3.8, 4) is 11.5 Å². The zero-order valence-electron chi connectivity index (χ0n) is 11.4. The highest BCUT2D eigenvalue weighted by atomic mass is 16.5. The fourth-order valence-corrected chi connectivity index (χ4v) is 1.79. The van der Waals surface area contributed by atoms with E-state index >= 15 is 0 Å². The smallest absolute Gasteiger partial charge is 0.145 e. The number of aryl methyl sites for hydroxylation is 1. The largest absolute Gasteiger partial charge is 0.505 e. The number of aliphatic hydroxyl groups excluding tert-OH is 1. The summed E-state index contributed by atoms with van der Waals surface area (Å²) >= 11 is 0. The van der Waals surface area contributed by atoms with Crippen molar-refractivity contribution < 1.29 is 14.9 Å². The normalized spacial score (nSPS) is 10.9. The van der Waals surface area contributed by atoms with Gasteiger partial charge in [0, 0.05) is 23.5 Å². The van der Waals surface area contributed by atoms with Gasteiger partial charge in [0.2, 0.25) is 0 Å². The number of hydrogen-bond acceptors (Lipinski definition) is 5. The molecule has 0 spiro atoms. The molecule has 5 heteroatoms. The number of rotatable bonds is 4. The SMILES string of the molecule is COc1ccccc1N=Cc1c(CO)cnc(C)c1O. The van der Waals surface area contributed by atoms with Gasteiger partial charge in [-0.2, -0.15) is 0 Å². The zero-order valence-corrected chi connectivity index (χ0v) is 11.4. The molecular formula is C15H16N2O3. The van der Waals surface area contributed by atoms with Crippen LogP contribution in [-0.2, 0) is 6.61 Å². The lowest BCUT2D eigenvalue weighted by Crippen LogP contribution is -1.97. The fourth-order valence-electron chi connectivity index (χ4n) is 1.79. The van der Waals surface area contributed by atoms with Crippen LogP contribution in [0.2, 0.25) is 0 Å². The molecule has 2 N–H and O–H groups in total. The first-order valence-electron chi connectivity index (χ1n) is 6.12. The second kappa shape index (κ2) is 6.16. The van der Waals surface area contributed by atoms with E-state index in [0.717, 1.165) is 0 Å². The number of para-hydroxylation sites is 2. The van der Waals surface area contributed by atoms with E-state index in [2.05, 4.69) is 9.98 Å². The molecule has 0 aliphatic heterocycles. The lowest BCUT2D eigenvalue weighted by atomic mass is 10.1. The molecule has 5 nitrogen and oxygen atoms in total. The van der Waals surface area contributed by atoms with Crippen LogP contribution in [0.15, 0.2) is 35.5 Å². The molecule has 0 aliphatic carbocycles. The molecular weight excluding hydrogens is 256 g/mol. The van der Waals surface area contributed by atoms with Crippen LogP contribution < -0.4 is 4.74 Å². The Kier molecular flexibility index (Phi) is 4.32. The van der Waals surface area contributed by atoms with Gasteiger partial charge in [-0.3, -0.25) is 9.98 Å². The molecule has 1 aromatic heterocycles. The van der Waals surface area contributed by atoms with Gasteiger partial charge in [0.05, 0.1) is 19.4 Å². The van der Waals surface area contributed by atoms with Crippen LogP contribution in [0.5, 0.6) is 11.5 Å². The van der Waals surface area contributed by atoms with Gasteiger partial charge in [-0.1, -0.05) is 12.1 Å². The van der Waals surface area contributed by atoms with Crippen molar-refractivity contribution >= 4 is 11.9 Å². The van der Waals surface area contributed by atoms with E-state index in [1.807, 2.05) is 12.1 Å². The molecule has 0 saturated heterocycles. The van der Waals surface area contributed by atoms with Gasteiger partial charge in [0.25, 0.3) is 0 Å². The summed E-state index contributed by atoms with van der Waals surface area (Å²) in [7, 11) is 1.57. The summed E-state index contributed by atoms with van der Waals surface area (Å²) in [6, 6.07) is 7.31. The number of hydrogen-bond donors (Lipinski definition) is 2. The number of methoxy groups -OCH3 is 1. The maximum Gasteiger partial charge on any atom is 0.145 e. The van der Waals surface area contributed by atoms with Gasteiger partial charge < -0.3 is 14.9 Å². The Morgan fingerprint density at radius 2 is 2.10 bits per heavy atom. The highest BCUT2D eigenvalue weighted by Crippen LogP contribution is 2.28. The fraction of sp³-hybridized carbons (Fsp3) is 0.200. The molecule has 0 atom stereocenters. The van der Waals surface area contributed by atoms with Gasteiger partial charge in [-0.25, -0.2) is 0 Å². The van der Waals surface area contributed by atoms with Crippen LogP contribution in [-0.4, -0.2) is 28.5 Å². The third-order valence-electron chi connectivity index (χ3n) is 2.95. The van der Waals surface area contributed by atoms with Gasteiger partial charge in [-0.15, -0.1) is 0 Å². The summed E-state index contributed by atoms with van der Waals surface area (Å²) in [5.74, 6) is 0.662. The van der Waals surface area contributed by atoms with Gasteiger partial charge in [0.15, 0.2) is 0 Å². The molecule has 1 aromatic carbocycles. The van der Waals surface area contributed by atoms with Crippen LogP contribution in [0.1, 0.15) is 16.8 Å². The van der Waals surface area contributed by atoms with Crippen LogP contribution in [0.4, 0.5) is 5.69 Å². The molecule has 2 aromatic rings. The Bertz CT molecular complexity index is 639. The van der Waals surface area contributed by atoms with Crippen LogP contribution in [0.3, 0.4) is 0 Å². The maximum atomic E-state index is 10.0. The molecule has 0 unspecified atom stereocenters. The minimum Gasteiger partial charge on any atom is -0.505 e. The minimum absolute atomic E-state index is 0.0233. The average molecular weight is 272 g/mol. The number of pyridine rings is 1. The van der Waals surface area contributed by atoms with Crippen molar-refractivity contribution in [1.82, 2.24) is 4.98 Å². The Balaban J connectivity index is 2.43. The highest BCUT2D eigenvalue weighted by Gasteiger charge is 2.09. The molecule has 104 valence electrons. The third kappa shape index (κ3) is 2.78. The number of nitrogens with zero attached hydrogens (tertiary/aromatic N) is 2. The first-order chi connectivity index (χ1) is 9.67. The number of aromatic hydroxyl groups is 1. The van der Waals surface area contributed by atoms with E-state index in [9.17, 15) is 10.2 Å². The molecule has 1 heterocycles. The summed E-state index contributed by atoms with van der Waals surface area (Å²) in [4.78, 5) is 8.31. The molecule has 0 aliphatic rings. The van der Waals surface area contributed by atoms with Crippen molar-refractivity contribution in [2.75, 3.05) is 7.11 Å². The molecule has 0 saturated carbocycles. The van der Waals surface area contributed by atoms with Gasteiger partial charge >= 0.3 is 0 Å². The van der Waals surface area contributed by atoms with Crippen molar-refractivity contribution in [2.45, 2.75) is 13.5 Å². The zero-order chi connectivity index (χ0) is 14.5. The average Bonchev–Trinajstić information content (AvgIpc) is 2.49. The minimum atomic E-state index is -0.214. The second-order valence-electron chi connectivity index (χ2n) is 4.22.